The second-order valence-electron chi connectivity index (χ2n) is 3.39. The van der Waals surface area contributed by atoms with E-state index >= 15 is 0 Å². The summed E-state index contributed by atoms with van der Waals surface area (Å²) in [5.41, 5.74) is 0. The lowest BCUT2D eigenvalue weighted by atomic mass is 10.3. The average Bonchev–Trinajstić information content (AvgIpc) is 2.63. The highest BCUT2D eigenvalue weighted by Crippen LogP contribution is 2.19. The van der Waals surface area contributed by atoms with E-state index < -0.39 is 0 Å². The number of methoxy groups -OCH3 is 1. The third kappa shape index (κ3) is 3.22. The molecule has 0 aliphatic carbocycles. The van der Waals surface area contributed by atoms with Gasteiger partial charge in [-0.3, -0.25) is 4.79 Å². The highest BCUT2D eigenvalue weighted by molar-refractivity contribution is 7.80. The van der Waals surface area contributed by atoms with Crippen LogP contribution in [0.5, 0.6) is 0 Å². The Labute approximate surface area is 99.5 Å². The van der Waals surface area contributed by atoms with Crippen molar-refractivity contribution >= 4 is 29.9 Å². The summed E-state index contributed by atoms with van der Waals surface area (Å²) in [5, 5.41) is 1.85. The minimum atomic E-state index is 0.0184. The van der Waals surface area contributed by atoms with E-state index in [1.807, 2.05) is 12.3 Å². The lowest BCUT2D eigenvalue weighted by Gasteiger charge is -2.23. The number of hydrogen-bond donors (Lipinski definition) is 1. The first-order valence-electron chi connectivity index (χ1n) is 4.60. The van der Waals surface area contributed by atoms with Gasteiger partial charge in [-0.2, -0.15) is 0 Å². The highest BCUT2D eigenvalue weighted by Gasteiger charge is 2.18. The van der Waals surface area contributed by atoms with Gasteiger partial charge in [-0.05, 0) is 13.0 Å². The first kappa shape index (κ1) is 12.5. The summed E-state index contributed by atoms with van der Waals surface area (Å²) in [7, 11) is 3.41. The third-order valence-electron chi connectivity index (χ3n) is 2.19. The number of hydrogen-bond acceptors (Lipinski definition) is 4. The van der Waals surface area contributed by atoms with E-state index in [2.05, 4.69) is 12.6 Å². The van der Waals surface area contributed by atoms with Crippen molar-refractivity contribution in [3.05, 3.63) is 16.3 Å². The van der Waals surface area contributed by atoms with Gasteiger partial charge in [0.1, 0.15) is 0 Å². The third-order valence-corrected chi connectivity index (χ3v) is 3.54. The standard InChI is InChI=1S/C10H15NO2S2/c1-7(5-13-3)11(2)10(12)9-4-8(14)6-15-9/h4,6-7,14H,5H2,1-3H3. The minimum Gasteiger partial charge on any atom is -0.383 e. The van der Waals surface area contributed by atoms with Gasteiger partial charge in [-0.25, -0.2) is 0 Å². The number of thiol groups is 1. The molecular formula is C10H15NO2S2. The minimum absolute atomic E-state index is 0.0184. The Morgan fingerprint density at radius 3 is 2.87 bits per heavy atom. The Balaban J connectivity index is 2.68. The van der Waals surface area contributed by atoms with Gasteiger partial charge < -0.3 is 9.64 Å². The van der Waals surface area contributed by atoms with E-state index in [0.717, 1.165) is 4.90 Å². The van der Waals surface area contributed by atoms with Gasteiger partial charge in [-0.15, -0.1) is 24.0 Å². The van der Waals surface area contributed by atoms with Crippen molar-refractivity contribution in [1.29, 1.82) is 0 Å². The number of carbonyl (C=O) groups excluding carboxylic acids is 1. The van der Waals surface area contributed by atoms with Gasteiger partial charge in [0.2, 0.25) is 0 Å². The molecule has 0 aliphatic rings. The molecule has 1 atom stereocenters. The largest absolute Gasteiger partial charge is 0.383 e. The molecule has 0 saturated carbocycles. The maximum atomic E-state index is 11.9. The SMILES string of the molecule is COCC(C)N(C)C(=O)c1cc(S)cs1. The molecule has 5 heteroatoms. The number of ether oxygens (including phenoxy) is 1. The molecule has 1 unspecified atom stereocenters. The fourth-order valence-corrected chi connectivity index (χ4v) is 2.30. The van der Waals surface area contributed by atoms with Gasteiger partial charge in [-0.1, -0.05) is 0 Å². The number of carbonyl (C=O) groups is 1. The van der Waals surface area contributed by atoms with Crippen molar-refractivity contribution in [3.8, 4) is 0 Å². The second kappa shape index (κ2) is 5.53. The summed E-state index contributed by atoms with van der Waals surface area (Å²) in [5.74, 6) is 0.0184. The highest BCUT2D eigenvalue weighted by atomic mass is 32.1. The van der Waals surface area contributed by atoms with Crippen LogP contribution in [0, 0.1) is 0 Å². The molecule has 0 spiro atoms. The lowest BCUT2D eigenvalue weighted by Crippen LogP contribution is -2.37. The summed E-state index contributed by atoms with van der Waals surface area (Å²) in [4.78, 5) is 15.1. The molecule has 1 heterocycles. The topological polar surface area (TPSA) is 29.5 Å². The molecular weight excluding hydrogens is 230 g/mol. The van der Waals surface area contributed by atoms with Crippen LogP contribution in [0.15, 0.2) is 16.3 Å². The molecule has 15 heavy (non-hydrogen) atoms. The Kier molecular flexibility index (Phi) is 4.63. The first-order valence-corrected chi connectivity index (χ1v) is 5.92. The molecule has 0 radical (unpaired) electrons. The van der Waals surface area contributed by atoms with E-state index in [1.165, 1.54) is 11.3 Å². The molecule has 1 amide bonds. The van der Waals surface area contributed by atoms with Crippen molar-refractivity contribution in [2.24, 2.45) is 0 Å². The monoisotopic (exact) mass is 245 g/mol. The lowest BCUT2D eigenvalue weighted by molar-refractivity contribution is 0.0638. The number of likely N-dealkylation sites (N-methyl/N-ethyl adjacent to an activating group) is 1. The van der Waals surface area contributed by atoms with E-state index in [-0.39, 0.29) is 11.9 Å². The Morgan fingerprint density at radius 1 is 1.73 bits per heavy atom. The van der Waals surface area contributed by atoms with E-state index in [4.69, 9.17) is 4.74 Å². The molecule has 0 bridgehead atoms. The van der Waals surface area contributed by atoms with Gasteiger partial charge >= 0.3 is 0 Å². The molecule has 1 aromatic rings. The Morgan fingerprint density at radius 2 is 2.40 bits per heavy atom. The van der Waals surface area contributed by atoms with Crippen LogP contribution in [0.25, 0.3) is 0 Å². The summed E-state index contributed by atoms with van der Waals surface area (Å²) >= 11 is 5.59. The zero-order valence-electron chi connectivity index (χ0n) is 9.06. The van der Waals surface area contributed by atoms with Crippen molar-refractivity contribution < 1.29 is 9.53 Å². The van der Waals surface area contributed by atoms with E-state index in [1.54, 1.807) is 25.1 Å². The van der Waals surface area contributed by atoms with Gasteiger partial charge in [0.15, 0.2) is 0 Å². The zero-order valence-corrected chi connectivity index (χ0v) is 10.8. The quantitative estimate of drug-likeness (QED) is 0.824. The van der Waals surface area contributed by atoms with Crippen molar-refractivity contribution in [2.45, 2.75) is 17.9 Å². The Bertz CT molecular complexity index is 338. The first-order chi connectivity index (χ1) is 7.06. The molecule has 0 fully saturated rings. The molecule has 0 aliphatic heterocycles. The summed E-state index contributed by atoms with van der Waals surface area (Å²) in [6, 6.07) is 1.86. The molecule has 0 N–H and O–H groups in total. The summed E-state index contributed by atoms with van der Waals surface area (Å²) in [6.45, 7) is 2.50. The van der Waals surface area contributed by atoms with Gasteiger partial charge in [0.25, 0.3) is 5.91 Å². The number of amides is 1. The van der Waals surface area contributed by atoms with Crippen molar-refractivity contribution in [1.82, 2.24) is 4.90 Å². The number of thiophene rings is 1. The van der Waals surface area contributed by atoms with Crippen LogP contribution in [0.1, 0.15) is 16.6 Å². The van der Waals surface area contributed by atoms with Gasteiger partial charge in [0.05, 0.1) is 17.5 Å². The number of nitrogens with zero attached hydrogens (tertiary/aromatic N) is 1. The summed E-state index contributed by atoms with van der Waals surface area (Å²) in [6.07, 6.45) is 0. The van der Waals surface area contributed by atoms with Crippen LogP contribution in [0.2, 0.25) is 0 Å². The van der Waals surface area contributed by atoms with Crippen LogP contribution in [-0.4, -0.2) is 37.6 Å². The molecule has 3 nitrogen and oxygen atoms in total. The van der Waals surface area contributed by atoms with Crippen LogP contribution in [0.4, 0.5) is 0 Å². The predicted octanol–water partition coefficient (Wildman–Crippen LogP) is 2.14. The van der Waals surface area contributed by atoms with E-state index in [9.17, 15) is 4.79 Å². The molecule has 0 saturated heterocycles. The van der Waals surface area contributed by atoms with E-state index in [0.29, 0.717) is 11.5 Å². The normalized spacial score (nSPS) is 12.5. The van der Waals surface area contributed by atoms with Crippen LogP contribution in [0.3, 0.4) is 0 Å². The summed E-state index contributed by atoms with van der Waals surface area (Å²) < 4.78 is 5.01. The second-order valence-corrected chi connectivity index (χ2v) is 4.82. The molecule has 84 valence electrons. The van der Waals surface area contributed by atoms with Crippen molar-refractivity contribution in [2.75, 3.05) is 20.8 Å². The Hall–Kier alpha value is -0.520. The predicted molar refractivity (Wildman–Crippen MR) is 65.0 cm³/mol. The van der Waals surface area contributed by atoms with Gasteiger partial charge in [0, 0.05) is 24.4 Å². The van der Waals surface area contributed by atoms with Crippen LogP contribution >= 0.6 is 24.0 Å². The number of rotatable bonds is 4. The maximum absolute atomic E-state index is 11.9. The fourth-order valence-electron chi connectivity index (χ4n) is 1.17. The van der Waals surface area contributed by atoms with Crippen LogP contribution in [-0.2, 0) is 4.74 Å². The zero-order chi connectivity index (χ0) is 11.4. The molecule has 0 aromatic carbocycles. The average molecular weight is 245 g/mol. The fraction of sp³-hybridized carbons (Fsp3) is 0.500. The molecule has 1 aromatic heterocycles. The molecule has 1 rings (SSSR count). The maximum Gasteiger partial charge on any atom is 0.264 e. The smallest absolute Gasteiger partial charge is 0.264 e. The van der Waals surface area contributed by atoms with Crippen LogP contribution < -0.4 is 0 Å². The van der Waals surface area contributed by atoms with Crippen molar-refractivity contribution in [3.63, 3.8) is 0 Å².